The Bertz CT molecular complexity index is 494. The molecule has 3 N–H and O–H groups in total. The molecule has 1 aromatic rings. The summed E-state index contributed by atoms with van der Waals surface area (Å²) in [4.78, 5) is 4.18. The van der Waals surface area contributed by atoms with Crippen LogP contribution in [0, 0.1) is 5.92 Å². The summed E-state index contributed by atoms with van der Waals surface area (Å²) in [6.07, 6.45) is 0.599. The summed E-state index contributed by atoms with van der Waals surface area (Å²) in [5, 5.41) is 2.98. The van der Waals surface area contributed by atoms with Gasteiger partial charge in [0.05, 0.1) is 7.11 Å². The molecular formula is C15H23F2N3O2. The number of ether oxygens (including phenoxy) is 2. The minimum absolute atomic E-state index is 0.0245. The molecule has 0 radical (unpaired) electrons. The average Bonchev–Trinajstić information content (AvgIpc) is 2.45. The number of alkyl halides is 2. The lowest BCUT2D eigenvalue weighted by Crippen LogP contribution is -2.33. The van der Waals surface area contributed by atoms with E-state index in [9.17, 15) is 8.78 Å². The molecule has 0 aliphatic rings. The zero-order valence-electron chi connectivity index (χ0n) is 13.1. The molecule has 0 heterocycles. The standard InChI is InChI=1S/C15H23F2N3O2/c1-10(2)9-20-15(18)19-7-6-11-4-5-12(21-3)13(8-11)22-14(16)17/h4-5,8,10,14H,6-7,9H2,1-3H3,(H3,18,19,20). The van der Waals surface area contributed by atoms with Crippen molar-refractivity contribution >= 4 is 5.96 Å². The lowest BCUT2D eigenvalue weighted by molar-refractivity contribution is -0.0512. The van der Waals surface area contributed by atoms with Crippen LogP contribution in [0.1, 0.15) is 19.4 Å². The predicted octanol–water partition coefficient (Wildman–Crippen LogP) is 2.40. The van der Waals surface area contributed by atoms with Crippen LogP contribution >= 0.6 is 0 Å². The minimum atomic E-state index is -2.89. The molecule has 0 aliphatic heterocycles. The summed E-state index contributed by atoms with van der Waals surface area (Å²) in [6, 6.07) is 4.93. The zero-order chi connectivity index (χ0) is 16.5. The van der Waals surface area contributed by atoms with E-state index in [1.54, 1.807) is 12.1 Å². The molecule has 0 atom stereocenters. The first-order valence-electron chi connectivity index (χ1n) is 7.08. The van der Waals surface area contributed by atoms with E-state index in [1.165, 1.54) is 13.2 Å². The number of guanidine groups is 1. The summed E-state index contributed by atoms with van der Waals surface area (Å²) in [6.45, 7) is 2.43. The maximum atomic E-state index is 12.4. The van der Waals surface area contributed by atoms with Crippen LogP contribution in [-0.4, -0.2) is 32.8 Å². The normalized spacial score (nSPS) is 11.9. The molecule has 22 heavy (non-hydrogen) atoms. The van der Waals surface area contributed by atoms with Gasteiger partial charge in [-0.2, -0.15) is 8.78 Å². The molecule has 1 rings (SSSR count). The topological polar surface area (TPSA) is 68.9 Å². The minimum Gasteiger partial charge on any atom is -0.493 e. The summed E-state index contributed by atoms with van der Waals surface area (Å²) >= 11 is 0. The maximum Gasteiger partial charge on any atom is 0.387 e. The fraction of sp³-hybridized carbons (Fsp3) is 0.533. The summed E-state index contributed by atoms with van der Waals surface area (Å²) in [5.41, 5.74) is 6.56. The van der Waals surface area contributed by atoms with Crippen molar-refractivity contribution in [3.05, 3.63) is 23.8 Å². The van der Waals surface area contributed by atoms with E-state index < -0.39 is 6.61 Å². The monoisotopic (exact) mass is 315 g/mol. The molecule has 5 nitrogen and oxygen atoms in total. The Morgan fingerprint density at radius 3 is 2.64 bits per heavy atom. The third-order valence-electron chi connectivity index (χ3n) is 2.79. The van der Waals surface area contributed by atoms with Gasteiger partial charge in [-0.15, -0.1) is 0 Å². The largest absolute Gasteiger partial charge is 0.493 e. The third kappa shape index (κ3) is 6.60. The number of methoxy groups -OCH3 is 1. The van der Waals surface area contributed by atoms with Gasteiger partial charge in [-0.25, -0.2) is 0 Å². The highest BCUT2D eigenvalue weighted by Crippen LogP contribution is 2.29. The quantitative estimate of drug-likeness (QED) is 0.571. The Balaban J connectivity index is 2.57. The van der Waals surface area contributed by atoms with Crippen molar-refractivity contribution in [1.82, 2.24) is 5.32 Å². The van der Waals surface area contributed by atoms with Crippen LogP contribution in [0.4, 0.5) is 8.78 Å². The Morgan fingerprint density at radius 1 is 1.32 bits per heavy atom. The van der Waals surface area contributed by atoms with Crippen molar-refractivity contribution in [2.45, 2.75) is 26.9 Å². The number of hydrogen-bond donors (Lipinski definition) is 2. The van der Waals surface area contributed by atoms with E-state index in [4.69, 9.17) is 10.5 Å². The van der Waals surface area contributed by atoms with Crippen LogP contribution < -0.4 is 20.5 Å². The van der Waals surface area contributed by atoms with Crippen molar-refractivity contribution in [2.24, 2.45) is 16.6 Å². The van der Waals surface area contributed by atoms with Crippen LogP contribution in [0.25, 0.3) is 0 Å². The van der Waals surface area contributed by atoms with Gasteiger partial charge in [-0.1, -0.05) is 19.9 Å². The molecular weight excluding hydrogens is 292 g/mol. The van der Waals surface area contributed by atoms with Gasteiger partial charge in [0.2, 0.25) is 0 Å². The molecule has 0 aliphatic carbocycles. The van der Waals surface area contributed by atoms with Gasteiger partial charge in [0.1, 0.15) is 0 Å². The molecule has 1 aromatic carbocycles. The van der Waals surface area contributed by atoms with Crippen LogP contribution in [0.2, 0.25) is 0 Å². The first-order valence-corrected chi connectivity index (χ1v) is 7.08. The first kappa shape index (κ1) is 18.0. The third-order valence-corrected chi connectivity index (χ3v) is 2.79. The summed E-state index contributed by atoms with van der Waals surface area (Å²) < 4.78 is 34.1. The van der Waals surface area contributed by atoms with Gasteiger partial charge in [-0.05, 0) is 30.0 Å². The molecule has 0 unspecified atom stereocenters. The Labute approximate surface area is 129 Å². The highest BCUT2D eigenvalue weighted by molar-refractivity contribution is 5.77. The highest BCUT2D eigenvalue weighted by Gasteiger charge is 2.11. The van der Waals surface area contributed by atoms with Crippen LogP contribution in [-0.2, 0) is 6.42 Å². The van der Waals surface area contributed by atoms with Gasteiger partial charge in [0.25, 0.3) is 0 Å². The molecule has 0 fully saturated rings. The van der Waals surface area contributed by atoms with E-state index in [-0.39, 0.29) is 11.5 Å². The van der Waals surface area contributed by atoms with E-state index >= 15 is 0 Å². The number of hydrogen-bond acceptors (Lipinski definition) is 3. The molecule has 0 bridgehead atoms. The second-order valence-corrected chi connectivity index (χ2v) is 5.16. The van der Waals surface area contributed by atoms with Gasteiger partial charge in [-0.3, -0.25) is 4.99 Å². The van der Waals surface area contributed by atoms with E-state index in [0.29, 0.717) is 31.4 Å². The smallest absolute Gasteiger partial charge is 0.387 e. The lowest BCUT2D eigenvalue weighted by Gasteiger charge is -2.12. The Hall–Kier alpha value is -2.05. The number of aliphatic imine (C=N–C) groups is 1. The van der Waals surface area contributed by atoms with E-state index in [1.807, 2.05) is 0 Å². The second kappa shape index (κ2) is 9.07. The number of halogens is 2. The van der Waals surface area contributed by atoms with Crippen molar-refractivity contribution < 1.29 is 18.3 Å². The number of nitrogens with one attached hydrogen (secondary N) is 1. The molecule has 124 valence electrons. The number of nitrogens with zero attached hydrogens (tertiary/aromatic N) is 1. The first-order chi connectivity index (χ1) is 10.4. The predicted molar refractivity (Wildman–Crippen MR) is 82.7 cm³/mol. The summed E-state index contributed by atoms with van der Waals surface area (Å²) in [5.74, 6) is 1.12. The van der Waals surface area contributed by atoms with Gasteiger partial charge >= 0.3 is 6.61 Å². The molecule has 0 saturated carbocycles. The zero-order valence-corrected chi connectivity index (χ0v) is 13.1. The second-order valence-electron chi connectivity index (χ2n) is 5.16. The highest BCUT2D eigenvalue weighted by atomic mass is 19.3. The molecule has 0 saturated heterocycles. The Morgan fingerprint density at radius 2 is 2.05 bits per heavy atom. The number of nitrogens with two attached hydrogens (primary N) is 1. The molecule has 0 amide bonds. The van der Waals surface area contributed by atoms with E-state index in [2.05, 4.69) is 28.9 Å². The van der Waals surface area contributed by atoms with Crippen molar-refractivity contribution in [3.63, 3.8) is 0 Å². The molecule has 7 heteroatoms. The van der Waals surface area contributed by atoms with Crippen LogP contribution in [0.3, 0.4) is 0 Å². The number of rotatable bonds is 8. The summed E-state index contributed by atoms with van der Waals surface area (Å²) in [7, 11) is 1.40. The fourth-order valence-corrected chi connectivity index (χ4v) is 1.74. The van der Waals surface area contributed by atoms with Gasteiger partial charge in [0.15, 0.2) is 17.5 Å². The molecule has 0 aromatic heterocycles. The van der Waals surface area contributed by atoms with Crippen molar-refractivity contribution in [3.8, 4) is 11.5 Å². The van der Waals surface area contributed by atoms with Gasteiger partial charge in [0, 0.05) is 13.1 Å². The van der Waals surface area contributed by atoms with Gasteiger partial charge < -0.3 is 20.5 Å². The van der Waals surface area contributed by atoms with Crippen LogP contribution in [0.5, 0.6) is 11.5 Å². The van der Waals surface area contributed by atoms with E-state index in [0.717, 1.165) is 5.56 Å². The fourth-order valence-electron chi connectivity index (χ4n) is 1.74. The maximum absolute atomic E-state index is 12.4. The van der Waals surface area contributed by atoms with Crippen LogP contribution in [0.15, 0.2) is 23.2 Å². The van der Waals surface area contributed by atoms with Crippen molar-refractivity contribution in [2.75, 3.05) is 20.2 Å². The SMILES string of the molecule is COc1ccc(CCNC(N)=NCC(C)C)cc1OC(F)F. The average molecular weight is 315 g/mol. The lowest BCUT2D eigenvalue weighted by atomic mass is 10.1. The molecule has 0 spiro atoms. The van der Waals surface area contributed by atoms with Crippen molar-refractivity contribution in [1.29, 1.82) is 0 Å². The number of benzene rings is 1. The Kier molecular flexibility index (Phi) is 7.42.